The predicted octanol–water partition coefficient (Wildman–Crippen LogP) is 1.77. The Morgan fingerprint density at radius 2 is 2.25 bits per heavy atom. The summed E-state index contributed by atoms with van der Waals surface area (Å²) in [5.74, 6) is 0. The van der Waals surface area contributed by atoms with Crippen LogP contribution in [0, 0.1) is 0 Å². The van der Waals surface area contributed by atoms with E-state index in [-0.39, 0.29) is 5.56 Å². The maximum Gasteiger partial charge on any atom is 0.283 e. The monoisotopic (exact) mass is 340 g/mol. The van der Waals surface area contributed by atoms with Crippen molar-refractivity contribution in [2.75, 3.05) is 24.5 Å². The summed E-state index contributed by atoms with van der Waals surface area (Å²) in [4.78, 5) is 14.4. The number of nitrogens with zero attached hydrogens (tertiary/aromatic N) is 3. The highest BCUT2D eigenvalue weighted by atomic mass is 79.9. The van der Waals surface area contributed by atoms with E-state index in [1.165, 1.54) is 4.68 Å². The number of nitrogens with one attached hydrogen (secondary N) is 1. The standard InChI is InChI=1S/C14H21BrN4O/c1-3-7-19-14(20)13(15)12(10-17-19)18-8-5-11(6-9-18)16-4-2/h3,10-11,16H,1,4-9H2,2H3. The molecule has 1 saturated heterocycles. The van der Waals surface area contributed by atoms with Gasteiger partial charge in [0.1, 0.15) is 4.47 Å². The third-order valence-electron chi connectivity index (χ3n) is 3.60. The smallest absolute Gasteiger partial charge is 0.283 e. The first-order valence-corrected chi connectivity index (χ1v) is 7.81. The highest BCUT2D eigenvalue weighted by molar-refractivity contribution is 9.10. The largest absolute Gasteiger partial charge is 0.369 e. The van der Waals surface area contributed by atoms with Gasteiger partial charge in [-0.05, 0) is 35.3 Å². The van der Waals surface area contributed by atoms with Crippen molar-refractivity contribution >= 4 is 21.6 Å². The summed E-state index contributed by atoms with van der Waals surface area (Å²) in [6, 6.07) is 0.587. The van der Waals surface area contributed by atoms with Crippen LogP contribution in [-0.2, 0) is 6.54 Å². The zero-order chi connectivity index (χ0) is 14.5. The molecule has 0 saturated carbocycles. The molecule has 1 N–H and O–H groups in total. The van der Waals surface area contributed by atoms with Gasteiger partial charge in [0.15, 0.2) is 0 Å². The molecule has 1 aliphatic heterocycles. The van der Waals surface area contributed by atoms with Gasteiger partial charge in [-0.15, -0.1) is 6.58 Å². The number of aromatic nitrogens is 2. The second kappa shape index (κ2) is 7.04. The van der Waals surface area contributed by atoms with Crippen molar-refractivity contribution in [3.8, 4) is 0 Å². The van der Waals surface area contributed by atoms with Crippen LogP contribution in [0.1, 0.15) is 19.8 Å². The normalized spacial score (nSPS) is 16.4. The number of hydrogen-bond donors (Lipinski definition) is 1. The van der Waals surface area contributed by atoms with E-state index >= 15 is 0 Å². The summed E-state index contributed by atoms with van der Waals surface area (Å²) in [6.45, 7) is 9.10. The second-order valence-electron chi connectivity index (χ2n) is 4.94. The topological polar surface area (TPSA) is 50.2 Å². The van der Waals surface area contributed by atoms with E-state index in [2.05, 4.69) is 44.7 Å². The van der Waals surface area contributed by atoms with Gasteiger partial charge >= 0.3 is 0 Å². The molecular weight excluding hydrogens is 320 g/mol. The van der Waals surface area contributed by atoms with Crippen LogP contribution in [0.4, 0.5) is 5.69 Å². The molecular formula is C14H21BrN4O. The molecule has 110 valence electrons. The number of halogens is 1. The Bertz CT molecular complexity index is 520. The molecule has 0 aromatic carbocycles. The molecule has 0 amide bonds. The Kier molecular flexibility index (Phi) is 5.37. The van der Waals surface area contributed by atoms with Crippen LogP contribution < -0.4 is 15.8 Å². The first kappa shape index (κ1) is 15.3. The zero-order valence-electron chi connectivity index (χ0n) is 11.8. The van der Waals surface area contributed by atoms with Crippen LogP contribution in [0.2, 0.25) is 0 Å². The molecule has 1 aromatic heterocycles. The van der Waals surface area contributed by atoms with Crippen LogP contribution in [-0.4, -0.2) is 35.5 Å². The molecule has 2 rings (SSSR count). The Labute approximate surface area is 127 Å². The molecule has 0 atom stereocenters. The average Bonchev–Trinajstić information content (AvgIpc) is 2.46. The second-order valence-corrected chi connectivity index (χ2v) is 5.73. The fourth-order valence-corrected chi connectivity index (χ4v) is 3.10. The third-order valence-corrected chi connectivity index (χ3v) is 4.34. The van der Waals surface area contributed by atoms with Gasteiger partial charge in [0.05, 0.1) is 18.4 Å². The number of rotatable bonds is 5. The minimum atomic E-state index is -0.101. The summed E-state index contributed by atoms with van der Waals surface area (Å²) in [5.41, 5.74) is 0.793. The van der Waals surface area contributed by atoms with Crippen LogP contribution in [0.5, 0.6) is 0 Å². The maximum atomic E-state index is 12.2. The highest BCUT2D eigenvalue weighted by Gasteiger charge is 2.21. The van der Waals surface area contributed by atoms with E-state index in [0.29, 0.717) is 17.1 Å². The lowest BCUT2D eigenvalue weighted by Gasteiger charge is -2.34. The van der Waals surface area contributed by atoms with E-state index < -0.39 is 0 Å². The van der Waals surface area contributed by atoms with Crippen molar-refractivity contribution in [2.24, 2.45) is 0 Å². The van der Waals surface area contributed by atoms with Crippen molar-refractivity contribution in [2.45, 2.75) is 32.4 Å². The highest BCUT2D eigenvalue weighted by Crippen LogP contribution is 2.24. The zero-order valence-corrected chi connectivity index (χ0v) is 13.4. The molecule has 20 heavy (non-hydrogen) atoms. The first-order chi connectivity index (χ1) is 9.67. The number of hydrogen-bond acceptors (Lipinski definition) is 4. The summed E-state index contributed by atoms with van der Waals surface area (Å²) in [5, 5.41) is 7.68. The fraction of sp³-hybridized carbons (Fsp3) is 0.571. The molecule has 6 heteroatoms. The minimum absolute atomic E-state index is 0.101. The molecule has 1 aromatic rings. The van der Waals surface area contributed by atoms with Crippen LogP contribution in [0.15, 0.2) is 28.1 Å². The molecule has 1 aliphatic rings. The van der Waals surface area contributed by atoms with Crippen molar-refractivity contribution in [3.05, 3.63) is 33.7 Å². The van der Waals surface area contributed by atoms with Gasteiger partial charge < -0.3 is 10.2 Å². The van der Waals surface area contributed by atoms with Crippen molar-refractivity contribution in [1.29, 1.82) is 0 Å². The van der Waals surface area contributed by atoms with E-state index in [1.54, 1.807) is 12.3 Å². The van der Waals surface area contributed by atoms with Gasteiger partial charge in [0.25, 0.3) is 5.56 Å². The third kappa shape index (κ3) is 3.30. The number of allylic oxidation sites excluding steroid dienone is 1. The lowest BCUT2D eigenvalue weighted by molar-refractivity contribution is 0.423. The molecule has 5 nitrogen and oxygen atoms in total. The molecule has 0 bridgehead atoms. The molecule has 0 unspecified atom stereocenters. The summed E-state index contributed by atoms with van der Waals surface area (Å²) < 4.78 is 2.00. The van der Waals surface area contributed by atoms with E-state index in [1.807, 2.05) is 0 Å². The first-order valence-electron chi connectivity index (χ1n) is 7.02. The van der Waals surface area contributed by atoms with Gasteiger partial charge in [0, 0.05) is 19.1 Å². The van der Waals surface area contributed by atoms with Gasteiger partial charge in [-0.25, -0.2) is 4.68 Å². The van der Waals surface area contributed by atoms with Crippen LogP contribution >= 0.6 is 15.9 Å². The number of anilines is 1. The summed E-state index contributed by atoms with van der Waals surface area (Å²) in [7, 11) is 0. The van der Waals surface area contributed by atoms with E-state index in [9.17, 15) is 4.79 Å². The Morgan fingerprint density at radius 3 is 2.85 bits per heavy atom. The predicted molar refractivity (Wildman–Crippen MR) is 85.3 cm³/mol. The summed E-state index contributed by atoms with van der Waals surface area (Å²) >= 11 is 3.42. The quantitative estimate of drug-likeness (QED) is 0.830. The van der Waals surface area contributed by atoms with Gasteiger partial charge in [0.2, 0.25) is 0 Å². The SMILES string of the molecule is C=CCn1ncc(N2CCC(NCC)CC2)c(Br)c1=O. The number of piperidine rings is 1. The van der Waals surface area contributed by atoms with Crippen LogP contribution in [0.25, 0.3) is 0 Å². The van der Waals surface area contributed by atoms with Gasteiger partial charge in [-0.3, -0.25) is 4.79 Å². The Balaban J connectivity index is 2.12. The lowest BCUT2D eigenvalue weighted by atomic mass is 10.0. The molecule has 2 heterocycles. The van der Waals surface area contributed by atoms with Gasteiger partial charge in [-0.2, -0.15) is 5.10 Å². The van der Waals surface area contributed by atoms with E-state index in [0.717, 1.165) is 38.2 Å². The Hall–Kier alpha value is -1.14. The summed E-state index contributed by atoms with van der Waals surface area (Å²) in [6.07, 6.45) is 5.62. The molecule has 0 radical (unpaired) electrons. The van der Waals surface area contributed by atoms with E-state index in [4.69, 9.17) is 0 Å². The average molecular weight is 341 g/mol. The van der Waals surface area contributed by atoms with Gasteiger partial charge in [-0.1, -0.05) is 13.0 Å². The van der Waals surface area contributed by atoms with Crippen molar-refractivity contribution < 1.29 is 0 Å². The minimum Gasteiger partial charge on any atom is -0.369 e. The molecule has 1 fully saturated rings. The van der Waals surface area contributed by atoms with Crippen molar-refractivity contribution in [1.82, 2.24) is 15.1 Å². The van der Waals surface area contributed by atoms with Crippen molar-refractivity contribution in [3.63, 3.8) is 0 Å². The Morgan fingerprint density at radius 1 is 1.55 bits per heavy atom. The maximum absolute atomic E-state index is 12.2. The fourth-order valence-electron chi connectivity index (χ4n) is 2.54. The molecule has 0 spiro atoms. The molecule has 0 aliphatic carbocycles. The lowest BCUT2D eigenvalue weighted by Crippen LogP contribution is -2.43. The van der Waals surface area contributed by atoms with Crippen LogP contribution in [0.3, 0.4) is 0 Å².